The summed E-state index contributed by atoms with van der Waals surface area (Å²) in [5, 5.41) is 0. The molecular formula is C48H42. The molecule has 0 aliphatic rings. The fourth-order valence-corrected chi connectivity index (χ4v) is 6.21. The minimum atomic E-state index is 0.875. The van der Waals surface area contributed by atoms with E-state index in [2.05, 4.69) is 197 Å². The summed E-state index contributed by atoms with van der Waals surface area (Å²) in [5.41, 5.74) is 17.0. The first kappa shape index (κ1) is 32.2. The van der Waals surface area contributed by atoms with Crippen molar-refractivity contribution >= 4 is 28.4 Å². The Kier molecular flexibility index (Phi) is 10.2. The van der Waals surface area contributed by atoms with E-state index in [-0.39, 0.29) is 0 Å². The lowest BCUT2D eigenvalue weighted by molar-refractivity contribution is 1.17. The number of allylic oxidation sites excluding steroid dienone is 6. The third-order valence-corrected chi connectivity index (χ3v) is 8.81. The van der Waals surface area contributed by atoms with E-state index in [9.17, 15) is 0 Å². The van der Waals surface area contributed by atoms with Crippen LogP contribution in [-0.2, 0) is 6.42 Å². The molecule has 0 fully saturated rings. The second-order valence-corrected chi connectivity index (χ2v) is 12.5. The molecule has 6 aromatic carbocycles. The SMILES string of the molecule is C=C(/C=C(\C=C(/C)c1ccccc1)c1ccc(-c2cc(C)cc(Cc3ccccc3/C=C(\C)c3ccccc3)c2)cc1)c1ccccc1. The maximum Gasteiger partial charge on any atom is -0.00195 e. The summed E-state index contributed by atoms with van der Waals surface area (Å²) in [7, 11) is 0. The molecule has 234 valence electrons. The van der Waals surface area contributed by atoms with E-state index in [0.717, 1.165) is 28.7 Å². The maximum absolute atomic E-state index is 4.42. The highest BCUT2D eigenvalue weighted by atomic mass is 14.1. The van der Waals surface area contributed by atoms with Crippen molar-refractivity contribution in [2.45, 2.75) is 27.2 Å². The van der Waals surface area contributed by atoms with Crippen LogP contribution < -0.4 is 0 Å². The Balaban J connectivity index is 1.30. The predicted octanol–water partition coefficient (Wildman–Crippen LogP) is 13.0. The fraction of sp³-hybridized carbons (Fsp3) is 0.0833. The molecule has 0 spiro atoms. The molecule has 0 heteroatoms. The van der Waals surface area contributed by atoms with Crippen molar-refractivity contribution in [1.82, 2.24) is 0 Å². The van der Waals surface area contributed by atoms with Crippen molar-refractivity contribution in [1.29, 1.82) is 0 Å². The normalized spacial score (nSPS) is 12.2. The van der Waals surface area contributed by atoms with Crippen molar-refractivity contribution in [3.05, 3.63) is 221 Å². The van der Waals surface area contributed by atoms with E-state index >= 15 is 0 Å². The summed E-state index contributed by atoms with van der Waals surface area (Å²) in [4.78, 5) is 0. The van der Waals surface area contributed by atoms with E-state index in [1.807, 2.05) is 6.07 Å². The van der Waals surface area contributed by atoms with Gasteiger partial charge in [0.25, 0.3) is 0 Å². The Bertz CT molecular complexity index is 2090. The van der Waals surface area contributed by atoms with Gasteiger partial charge in [0.2, 0.25) is 0 Å². The minimum absolute atomic E-state index is 0.875. The van der Waals surface area contributed by atoms with Crippen LogP contribution in [0.1, 0.15) is 58.4 Å². The summed E-state index contributed by atoms with van der Waals surface area (Å²) >= 11 is 0. The molecule has 48 heavy (non-hydrogen) atoms. The number of hydrogen-bond donors (Lipinski definition) is 0. The van der Waals surface area contributed by atoms with Gasteiger partial charge in [-0.3, -0.25) is 0 Å². The minimum Gasteiger partial charge on any atom is -0.0911 e. The van der Waals surface area contributed by atoms with E-state index in [1.54, 1.807) is 0 Å². The van der Waals surface area contributed by atoms with Gasteiger partial charge in [0, 0.05) is 0 Å². The van der Waals surface area contributed by atoms with E-state index in [0.29, 0.717) is 0 Å². The van der Waals surface area contributed by atoms with Gasteiger partial charge >= 0.3 is 0 Å². The number of benzene rings is 6. The zero-order valence-corrected chi connectivity index (χ0v) is 28.2. The van der Waals surface area contributed by atoms with Crippen molar-refractivity contribution in [3.8, 4) is 11.1 Å². The lowest BCUT2D eigenvalue weighted by atomic mass is 9.92. The monoisotopic (exact) mass is 618 g/mol. The maximum atomic E-state index is 4.42. The molecule has 0 aliphatic heterocycles. The molecule has 0 aliphatic carbocycles. The third-order valence-electron chi connectivity index (χ3n) is 8.81. The number of aryl methyl sites for hydroxylation is 1. The van der Waals surface area contributed by atoms with Crippen LogP contribution in [0.5, 0.6) is 0 Å². The van der Waals surface area contributed by atoms with E-state index in [4.69, 9.17) is 0 Å². The summed E-state index contributed by atoms with van der Waals surface area (Å²) in [6, 6.07) is 56.2. The van der Waals surface area contributed by atoms with Crippen LogP contribution in [0.2, 0.25) is 0 Å². The number of hydrogen-bond acceptors (Lipinski definition) is 0. The topological polar surface area (TPSA) is 0 Å². The zero-order chi connectivity index (χ0) is 33.3. The second kappa shape index (κ2) is 15.2. The Morgan fingerprint density at radius 3 is 1.73 bits per heavy atom. The molecule has 0 saturated heterocycles. The molecule has 6 aromatic rings. The van der Waals surface area contributed by atoms with Gasteiger partial charge in [-0.2, -0.15) is 0 Å². The average molecular weight is 619 g/mol. The first-order chi connectivity index (χ1) is 23.4. The Morgan fingerprint density at radius 1 is 0.521 bits per heavy atom. The second-order valence-electron chi connectivity index (χ2n) is 12.5. The third kappa shape index (κ3) is 8.16. The van der Waals surface area contributed by atoms with Crippen LogP contribution in [0.4, 0.5) is 0 Å². The Morgan fingerprint density at radius 2 is 1.08 bits per heavy atom. The van der Waals surface area contributed by atoms with Crippen molar-refractivity contribution in [2.75, 3.05) is 0 Å². The molecule has 0 bridgehead atoms. The Hall–Kier alpha value is -5.72. The largest absolute Gasteiger partial charge is 0.0911 e. The van der Waals surface area contributed by atoms with Gasteiger partial charge in [-0.1, -0.05) is 182 Å². The van der Waals surface area contributed by atoms with Crippen LogP contribution in [0.3, 0.4) is 0 Å². The molecule has 0 nitrogen and oxygen atoms in total. The molecule has 0 heterocycles. The molecular weight excluding hydrogens is 577 g/mol. The van der Waals surface area contributed by atoms with Crippen LogP contribution in [0, 0.1) is 6.92 Å². The first-order valence-electron chi connectivity index (χ1n) is 16.7. The van der Waals surface area contributed by atoms with Gasteiger partial charge < -0.3 is 0 Å². The van der Waals surface area contributed by atoms with Gasteiger partial charge in [0.1, 0.15) is 0 Å². The van der Waals surface area contributed by atoms with Crippen LogP contribution in [-0.4, -0.2) is 0 Å². The highest BCUT2D eigenvalue weighted by molar-refractivity contribution is 5.91. The highest BCUT2D eigenvalue weighted by Gasteiger charge is 2.09. The summed E-state index contributed by atoms with van der Waals surface area (Å²) in [5.74, 6) is 0. The quantitative estimate of drug-likeness (QED) is 0.106. The smallest absolute Gasteiger partial charge is 0.00195 e. The lowest BCUT2D eigenvalue weighted by Gasteiger charge is -2.13. The van der Waals surface area contributed by atoms with Crippen LogP contribution in [0.25, 0.3) is 39.5 Å². The van der Waals surface area contributed by atoms with Gasteiger partial charge in [0.05, 0.1) is 0 Å². The average Bonchev–Trinajstić information content (AvgIpc) is 3.13. The molecule has 0 radical (unpaired) electrons. The van der Waals surface area contributed by atoms with Crippen LogP contribution >= 0.6 is 0 Å². The number of rotatable bonds is 10. The molecule has 0 N–H and O–H groups in total. The molecule has 0 atom stereocenters. The summed E-state index contributed by atoms with van der Waals surface area (Å²) in [6.07, 6.45) is 7.66. The van der Waals surface area contributed by atoms with Crippen molar-refractivity contribution < 1.29 is 0 Å². The Labute approximate surface area is 286 Å². The summed E-state index contributed by atoms with van der Waals surface area (Å²) < 4.78 is 0. The summed E-state index contributed by atoms with van der Waals surface area (Å²) in [6.45, 7) is 11.0. The molecule has 0 amide bonds. The van der Waals surface area contributed by atoms with E-state index in [1.165, 1.54) is 55.7 Å². The van der Waals surface area contributed by atoms with Gasteiger partial charge in [-0.25, -0.2) is 0 Å². The molecule has 0 saturated carbocycles. The van der Waals surface area contributed by atoms with E-state index < -0.39 is 0 Å². The first-order valence-corrected chi connectivity index (χ1v) is 16.7. The standard InChI is InChI=1S/C48H42/c1-35-28-39(33-46-23-15-14-22-45(46)30-36(2)40-16-8-5-9-17-40)34-47(29-35)43-24-26-44(27-25-43)48(31-37(3)41-18-10-6-11-19-41)32-38(4)42-20-12-7-13-21-42/h5-32,34H,3,33H2,1-2,4H3/b36-30+,38-32+,48-31+. The fourth-order valence-electron chi connectivity index (χ4n) is 6.21. The molecule has 0 unspecified atom stereocenters. The molecule has 0 aromatic heterocycles. The van der Waals surface area contributed by atoms with Gasteiger partial charge in [0.15, 0.2) is 0 Å². The lowest BCUT2D eigenvalue weighted by Crippen LogP contribution is -1.94. The highest BCUT2D eigenvalue weighted by Crippen LogP contribution is 2.30. The molecule has 6 rings (SSSR count). The predicted molar refractivity (Wildman–Crippen MR) is 209 cm³/mol. The van der Waals surface area contributed by atoms with Crippen LogP contribution in [0.15, 0.2) is 176 Å². The van der Waals surface area contributed by atoms with Gasteiger partial charge in [-0.15, -0.1) is 0 Å². The van der Waals surface area contributed by atoms with Gasteiger partial charge in [-0.05, 0) is 106 Å². The van der Waals surface area contributed by atoms with Crippen molar-refractivity contribution in [3.63, 3.8) is 0 Å². The van der Waals surface area contributed by atoms with Crippen molar-refractivity contribution in [2.24, 2.45) is 0 Å². The zero-order valence-electron chi connectivity index (χ0n) is 28.2.